The zero-order chi connectivity index (χ0) is 17.5. The molecule has 1 aromatic carbocycles. The third-order valence-electron chi connectivity index (χ3n) is 6.61. The molecule has 0 atom stereocenters. The van der Waals surface area contributed by atoms with Gasteiger partial charge in [-0.05, 0) is 92.7 Å². The van der Waals surface area contributed by atoms with Crippen molar-refractivity contribution in [2.75, 3.05) is 13.2 Å². The van der Waals surface area contributed by atoms with Crippen LogP contribution in [0.1, 0.15) is 82.6 Å². The quantitative estimate of drug-likeness (QED) is 0.663. The highest BCUT2D eigenvalue weighted by atomic mass is 16.5. The second-order valence-corrected chi connectivity index (χ2v) is 8.46. The maximum absolute atomic E-state index is 9.23. The molecule has 0 radical (unpaired) electrons. The van der Waals surface area contributed by atoms with Crippen LogP contribution in [0.25, 0.3) is 0 Å². The molecule has 25 heavy (non-hydrogen) atoms. The number of benzene rings is 1. The van der Waals surface area contributed by atoms with E-state index in [9.17, 15) is 5.11 Å². The van der Waals surface area contributed by atoms with Crippen LogP contribution in [0.4, 0.5) is 0 Å². The number of aliphatic hydroxyl groups is 1. The third-order valence-corrected chi connectivity index (χ3v) is 6.61. The fourth-order valence-corrected chi connectivity index (χ4v) is 4.82. The van der Waals surface area contributed by atoms with Crippen molar-refractivity contribution in [2.45, 2.75) is 77.0 Å². The lowest BCUT2D eigenvalue weighted by Crippen LogP contribution is -2.21. The Morgan fingerprint density at radius 2 is 1.44 bits per heavy atom. The van der Waals surface area contributed by atoms with Gasteiger partial charge in [-0.1, -0.05) is 31.9 Å². The monoisotopic (exact) mass is 344 g/mol. The molecule has 3 rings (SSSR count). The molecule has 0 aromatic heterocycles. The van der Waals surface area contributed by atoms with Gasteiger partial charge in [0.05, 0.1) is 6.61 Å². The normalized spacial score (nSPS) is 30.2. The Labute approximate surface area is 154 Å². The first kappa shape index (κ1) is 18.8. The number of ether oxygens (including phenoxy) is 1. The minimum Gasteiger partial charge on any atom is -0.493 e. The number of aliphatic hydroxyl groups excluding tert-OH is 1. The molecule has 0 bridgehead atoms. The average molecular weight is 345 g/mol. The Morgan fingerprint density at radius 1 is 0.840 bits per heavy atom. The van der Waals surface area contributed by atoms with E-state index in [4.69, 9.17) is 4.74 Å². The van der Waals surface area contributed by atoms with Gasteiger partial charge in [-0.15, -0.1) is 0 Å². The summed E-state index contributed by atoms with van der Waals surface area (Å²) in [5.74, 6) is 3.95. The summed E-state index contributed by atoms with van der Waals surface area (Å²) in [6, 6.07) is 8.94. The lowest BCUT2D eigenvalue weighted by Gasteiger charge is -2.29. The maximum Gasteiger partial charge on any atom is 0.119 e. The minimum atomic E-state index is 0.357. The van der Waals surface area contributed by atoms with Crippen molar-refractivity contribution in [2.24, 2.45) is 17.8 Å². The van der Waals surface area contributed by atoms with Gasteiger partial charge in [0.1, 0.15) is 5.75 Å². The van der Waals surface area contributed by atoms with Crippen molar-refractivity contribution in [3.63, 3.8) is 0 Å². The molecule has 2 nitrogen and oxygen atoms in total. The smallest absolute Gasteiger partial charge is 0.119 e. The molecule has 0 aliphatic heterocycles. The van der Waals surface area contributed by atoms with Crippen LogP contribution in [0.15, 0.2) is 24.3 Å². The molecule has 0 unspecified atom stereocenters. The molecule has 140 valence electrons. The van der Waals surface area contributed by atoms with Crippen molar-refractivity contribution in [3.8, 4) is 5.75 Å². The van der Waals surface area contributed by atoms with Gasteiger partial charge >= 0.3 is 0 Å². The van der Waals surface area contributed by atoms with Gasteiger partial charge in [0.15, 0.2) is 0 Å². The summed E-state index contributed by atoms with van der Waals surface area (Å²) in [5, 5.41) is 9.23. The standard InChI is InChI=1S/C23H36O2/c1-2-3-18-8-10-21(11-9-18)22-12-14-23(15-13-22)25-17-20-6-4-19(16-24)5-7-20/h12-15,18-21,24H,2-11,16-17H2,1H3. The Balaban J connectivity index is 1.42. The van der Waals surface area contributed by atoms with E-state index in [-0.39, 0.29) is 0 Å². The van der Waals surface area contributed by atoms with Crippen LogP contribution in [0, 0.1) is 17.8 Å². The van der Waals surface area contributed by atoms with Gasteiger partial charge in [-0.25, -0.2) is 0 Å². The summed E-state index contributed by atoms with van der Waals surface area (Å²) in [5.41, 5.74) is 1.51. The highest BCUT2D eigenvalue weighted by Gasteiger charge is 2.22. The van der Waals surface area contributed by atoms with E-state index in [1.807, 2.05) is 0 Å². The van der Waals surface area contributed by atoms with Crippen molar-refractivity contribution < 1.29 is 9.84 Å². The first-order valence-corrected chi connectivity index (χ1v) is 10.6. The molecular formula is C23H36O2. The number of rotatable bonds is 7. The van der Waals surface area contributed by atoms with E-state index < -0.39 is 0 Å². The summed E-state index contributed by atoms with van der Waals surface area (Å²) in [6.45, 7) is 3.50. The average Bonchev–Trinajstić information content (AvgIpc) is 2.68. The molecular weight excluding hydrogens is 308 g/mol. The highest BCUT2D eigenvalue weighted by Crippen LogP contribution is 2.38. The van der Waals surface area contributed by atoms with Gasteiger partial charge in [-0.2, -0.15) is 0 Å². The van der Waals surface area contributed by atoms with Crippen molar-refractivity contribution >= 4 is 0 Å². The van der Waals surface area contributed by atoms with Crippen LogP contribution in [0.5, 0.6) is 5.75 Å². The molecule has 2 aliphatic carbocycles. The van der Waals surface area contributed by atoms with Crippen LogP contribution in [-0.4, -0.2) is 18.3 Å². The molecule has 0 heterocycles. The first-order valence-electron chi connectivity index (χ1n) is 10.6. The van der Waals surface area contributed by atoms with Crippen molar-refractivity contribution in [1.29, 1.82) is 0 Å². The van der Waals surface area contributed by atoms with Gasteiger partial charge in [-0.3, -0.25) is 0 Å². The van der Waals surface area contributed by atoms with E-state index in [0.29, 0.717) is 18.4 Å². The van der Waals surface area contributed by atoms with E-state index in [2.05, 4.69) is 31.2 Å². The van der Waals surface area contributed by atoms with Crippen molar-refractivity contribution in [3.05, 3.63) is 29.8 Å². The van der Waals surface area contributed by atoms with E-state index >= 15 is 0 Å². The molecule has 0 amide bonds. The predicted molar refractivity (Wildman–Crippen MR) is 104 cm³/mol. The molecule has 1 N–H and O–H groups in total. The van der Waals surface area contributed by atoms with Crippen LogP contribution in [0.3, 0.4) is 0 Å². The third kappa shape index (κ3) is 5.48. The summed E-state index contributed by atoms with van der Waals surface area (Å²) in [4.78, 5) is 0. The summed E-state index contributed by atoms with van der Waals surface area (Å²) < 4.78 is 6.04. The summed E-state index contributed by atoms with van der Waals surface area (Å²) in [6.07, 6.45) is 13.0. The molecule has 0 saturated heterocycles. The lowest BCUT2D eigenvalue weighted by molar-refractivity contribution is 0.139. The molecule has 1 aromatic rings. The molecule has 2 heteroatoms. The Hall–Kier alpha value is -1.02. The Kier molecular flexibility index (Phi) is 7.22. The van der Waals surface area contributed by atoms with E-state index in [0.717, 1.165) is 37.0 Å². The molecule has 2 fully saturated rings. The second-order valence-electron chi connectivity index (χ2n) is 8.46. The van der Waals surface area contributed by atoms with Crippen LogP contribution >= 0.6 is 0 Å². The lowest BCUT2D eigenvalue weighted by atomic mass is 9.77. The molecule has 0 spiro atoms. The van der Waals surface area contributed by atoms with Crippen molar-refractivity contribution in [1.82, 2.24) is 0 Å². The second kappa shape index (κ2) is 9.62. The van der Waals surface area contributed by atoms with Gasteiger partial charge in [0.25, 0.3) is 0 Å². The van der Waals surface area contributed by atoms with E-state index in [1.54, 1.807) is 0 Å². The zero-order valence-electron chi connectivity index (χ0n) is 16.0. The highest BCUT2D eigenvalue weighted by molar-refractivity contribution is 5.29. The number of hydrogen-bond donors (Lipinski definition) is 1. The topological polar surface area (TPSA) is 29.5 Å². The van der Waals surface area contributed by atoms with E-state index in [1.165, 1.54) is 56.9 Å². The summed E-state index contributed by atoms with van der Waals surface area (Å²) >= 11 is 0. The summed E-state index contributed by atoms with van der Waals surface area (Å²) in [7, 11) is 0. The zero-order valence-corrected chi connectivity index (χ0v) is 16.0. The van der Waals surface area contributed by atoms with Gasteiger partial charge in [0.2, 0.25) is 0 Å². The largest absolute Gasteiger partial charge is 0.493 e. The fourth-order valence-electron chi connectivity index (χ4n) is 4.82. The van der Waals surface area contributed by atoms with Crippen LogP contribution in [-0.2, 0) is 0 Å². The Bertz CT molecular complexity index is 479. The Morgan fingerprint density at radius 3 is 2.04 bits per heavy atom. The SMILES string of the molecule is CCCC1CCC(c2ccc(OCC3CCC(CO)CC3)cc2)CC1. The predicted octanol–water partition coefficient (Wildman–Crippen LogP) is 5.94. The first-order chi connectivity index (χ1) is 12.3. The number of hydrogen-bond acceptors (Lipinski definition) is 2. The van der Waals surface area contributed by atoms with Gasteiger partial charge in [0, 0.05) is 6.61 Å². The fraction of sp³-hybridized carbons (Fsp3) is 0.739. The maximum atomic E-state index is 9.23. The minimum absolute atomic E-state index is 0.357. The van der Waals surface area contributed by atoms with Crippen LogP contribution in [0.2, 0.25) is 0 Å². The molecule has 2 aliphatic rings. The van der Waals surface area contributed by atoms with Gasteiger partial charge < -0.3 is 9.84 Å². The van der Waals surface area contributed by atoms with Crippen LogP contribution < -0.4 is 4.74 Å². The molecule has 2 saturated carbocycles.